The van der Waals surface area contributed by atoms with E-state index in [2.05, 4.69) is 29.8 Å². The van der Waals surface area contributed by atoms with Crippen LogP contribution in [-0.2, 0) is 0 Å². The topological polar surface area (TPSA) is 21.3 Å². The number of thiophene rings is 1. The second kappa shape index (κ2) is 7.97. The Balaban J connectivity index is 1.64. The fourth-order valence-electron chi connectivity index (χ4n) is 1.99. The molecule has 0 aliphatic rings. The normalized spacial score (nSPS) is 12.3. The van der Waals surface area contributed by atoms with Gasteiger partial charge in [-0.25, -0.2) is 0 Å². The van der Waals surface area contributed by atoms with Gasteiger partial charge < -0.3 is 10.1 Å². The van der Waals surface area contributed by atoms with Crippen molar-refractivity contribution in [2.45, 2.75) is 25.8 Å². The lowest BCUT2D eigenvalue weighted by molar-refractivity contribution is 0.304. The molecule has 19 heavy (non-hydrogen) atoms. The maximum atomic E-state index is 5.67. The summed E-state index contributed by atoms with van der Waals surface area (Å²) in [5.41, 5.74) is 0. The number of hydrogen-bond donors (Lipinski definition) is 1. The van der Waals surface area contributed by atoms with E-state index in [1.165, 1.54) is 4.88 Å². The van der Waals surface area contributed by atoms with E-state index < -0.39 is 0 Å². The second-order valence-electron chi connectivity index (χ2n) is 4.45. The van der Waals surface area contributed by atoms with Gasteiger partial charge in [0.2, 0.25) is 0 Å². The van der Waals surface area contributed by atoms with E-state index in [0.29, 0.717) is 6.04 Å². The third-order valence-corrected chi connectivity index (χ3v) is 4.00. The highest BCUT2D eigenvalue weighted by Gasteiger charge is 2.08. The van der Waals surface area contributed by atoms with Gasteiger partial charge in [-0.15, -0.1) is 11.3 Å². The van der Waals surface area contributed by atoms with Crippen LogP contribution in [0.4, 0.5) is 0 Å². The zero-order valence-corrected chi connectivity index (χ0v) is 12.2. The molecule has 0 radical (unpaired) electrons. The lowest BCUT2D eigenvalue weighted by Gasteiger charge is -2.15. The number of rotatable bonds is 8. The Labute approximate surface area is 119 Å². The third-order valence-electron chi connectivity index (χ3n) is 3.02. The Hall–Kier alpha value is -1.32. The summed E-state index contributed by atoms with van der Waals surface area (Å²) in [7, 11) is 0. The van der Waals surface area contributed by atoms with Crippen molar-refractivity contribution >= 4 is 11.3 Å². The lowest BCUT2D eigenvalue weighted by atomic mass is 10.2. The van der Waals surface area contributed by atoms with Crippen molar-refractivity contribution in [3.05, 3.63) is 52.7 Å². The number of para-hydroxylation sites is 1. The molecule has 1 aromatic heterocycles. The van der Waals surface area contributed by atoms with Crippen LogP contribution in [0.3, 0.4) is 0 Å². The van der Waals surface area contributed by atoms with Crippen molar-refractivity contribution in [2.24, 2.45) is 0 Å². The van der Waals surface area contributed by atoms with Crippen molar-refractivity contribution in [1.82, 2.24) is 5.32 Å². The fraction of sp³-hybridized carbons (Fsp3) is 0.375. The number of nitrogens with one attached hydrogen (secondary N) is 1. The molecule has 0 aliphatic heterocycles. The molecular formula is C16H21NOS. The summed E-state index contributed by atoms with van der Waals surface area (Å²) in [6.07, 6.45) is 2.15. The maximum Gasteiger partial charge on any atom is 0.119 e. The van der Waals surface area contributed by atoms with E-state index in [-0.39, 0.29) is 0 Å². The smallest absolute Gasteiger partial charge is 0.119 e. The highest BCUT2D eigenvalue weighted by atomic mass is 32.1. The summed E-state index contributed by atoms with van der Waals surface area (Å²) >= 11 is 1.82. The summed E-state index contributed by atoms with van der Waals surface area (Å²) in [6.45, 7) is 3.97. The van der Waals surface area contributed by atoms with Crippen molar-refractivity contribution in [1.29, 1.82) is 0 Å². The predicted molar refractivity (Wildman–Crippen MR) is 81.9 cm³/mol. The van der Waals surface area contributed by atoms with Crippen LogP contribution >= 0.6 is 11.3 Å². The first-order valence-electron chi connectivity index (χ1n) is 6.84. The van der Waals surface area contributed by atoms with Gasteiger partial charge in [-0.3, -0.25) is 0 Å². The van der Waals surface area contributed by atoms with Gasteiger partial charge in [0.1, 0.15) is 5.75 Å². The molecule has 2 aromatic rings. The van der Waals surface area contributed by atoms with Gasteiger partial charge in [0.15, 0.2) is 0 Å². The SMILES string of the molecule is CCC(NCCCOc1ccccc1)c1cccs1. The molecule has 2 nitrogen and oxygen atoms in total. The molecular weight excluding hydrogens is 254 g/mol. The van der Waals surface area contributed by atoms with E-state index in [4.69, 9.17) is 4.74 Å². The zero-order valence-electron chi connectivity index (χ0n) is 11.3. The van der Waals surface area contributed by atoms with Crippen LogP contribution in [-0.4, -0.2) is 13.2 Å². The molecule has 1 aromatic carbocycles. The van der Waals surface area contributed by atoms with Gasteiger partial charge in [0.05, 0.1) is 6.61 Å². The molecule has 1 N–H and O–H groups in total. The maximum absolute atomic E-state index is 5.67. The van der Waals surface area contributed by atoms with E-state index in [0.717, 1.165) is 31.7 Å². The molecule has 0 fully saturated rings. The molecule has 0 saturated carbocycles. The minimum Gasteiger partial charge on any atom is -0.494 e. The minimum atomic E-state index is 0.483. The summed E-state index contributed by atoms with van der Waals surface area (Å²) < 4.78 is 5.67. The van der Waals surface area contributed by atoms with Gasteiger partial charge >= 0.3 is 0 Å². The number of hydrogen-bond acceptors (Lipinski definition) is 3. The average molecular weight is 275 g/mol. The van der Waals surface area contributed by atoms with E-state index in [1.807, 2.05) is 41.7 Å². The van der Waals surface area contributed by atoms with Gasteiger partial charge in [-0.1, -0.05) is 31.2 Å². The monoisotopic (exact) mass is 275 g/mol. The highest BCUT2D eigenvalue weighted by molar-refractivity contribution is 7.10. The standard InChI is InChI=1S/C16H21NOS/c1-2-15(16-10-6-13-19-16)17-11-7-12-18-14-8-4-3-5-9-14/h3-6,8-10,13,15,17H,2,7,11-12H2,1H3. The quantitative estimate of drug-likeness (QED) is 0.727. The summed E-state index contributed by atoms with van der Waals surface area (Å²) in [5, 5.41) is 5.73. The Bertz CT molecular complexity index is 441. The Morgan fingerprint density at radius 1 is 1.16 bits per heavy atom. The molecule has 0 aliphatic carbocycles. The third kappa shape index (κ3) is 4.69. The van der Waals surface area contributed by atoms with E-state index in [1.54, 1.807) is 0 Å². The van der Waals surface area contributed by atoms with Crippen LogP contribution in [0.2, 0.25) is 0 Å². The first kappa shape index (κ1) is 14.1. The summed E-state index contributed by atoms with van der Waals surface area (Å²) in [4.78, 5) is 1.42. The molecule has 1 atom stereocenters. The molecule has 0 saturated heterocycles. The van der Waals surface area contributed by atoms with Crippen LogP contribution in [0.1, 0.15) is 30.7 Å². The zero-order chi connectivity index (χ0) is 13.3. The van der Waals surface area contributed by atoms with Gasteiger partial charge in [0.25, 0.3) is 0 Å². The molecule has 0 amide bonds. The van der Waals surface area contributed by atoms with Gasteiger partial charge in [-0.05, 0) is 43.0 Å². The van der Waals surface area contributed by atoms with E-state index in [9.17, 15) is 0 Å². The first-order valence-corrected chi connectivity index (χ1v) is 7.72. The van der Waals surface area contributed by atoms with Gasteiger partial charge in [-0.2, -0.15) is 0 Å². The second-order valence-corrected chi connectivity index (χ2v) is 5.42. The molecule has 1 heterocycles. The molecule has 0 bridgehead atoms. The van der Waals surface area contributed by atoms with Crippen LogP contribution in [0, 0.1) is 0 Å². The molecule has 1 unspecified atom stereocenters. The van der Waals surface area contributed by atoms with Crippen LogP contribution in [0.5, 0.6) is 5.75 Å². The van der Waals surface area contributed by atoms with Crippen molar-refractivity contribution in [3.63, 3.8) is 0 Å². The van der Waals surface area contributed by atoms with Crippen LogP contribution < -0.4 is 10.1 Å². The largest absolute Gasteiger partial charge is 0.494 e. The molecule has 102 valence electrons. The average Bonchev–Trinajstić information content (AvgIpc) is 2.98. The lowest BCUT2D eigenvalue weighted by Crippen LogP contribution is -2.22. The molecule has 0 spiro atoms. The Morgan fingerprint density at radius 3 is 2.68 bits per heavy atom. The Morgan fingerprint density at radius 2 is 2.00 bits per heavy atom. The summed E-state index contributed by atoms with van der Waals surface area (Å²) in [5.74, 6) is 0.952. The summed E-state index contributed by atoms with van der Waals surface area (Å²) in [6, 6.07) is 14.8. The fourth-order valence-corrected chi connectivity index (χ4v) is 2.88. The van der Waals surface area contributed by atoms with Crippen molar-refractivity contribution in [2.75, 3.05) is 13.2 Å². The number of ether oxygens (including phenoxy) is 1. The predicted octanol–water partition coefficient (Wildman–Crippen LogP) is 4.26. The minimum absolute atomic E-state index is 0.483. The molecule has 2 rings (SSSR count). The van der Waals surface area contributed by atoms with Crippen LogP contribution in [0.15, 0.2) is 47.8 Å². The Kier molecular flexibility index (Phi) is 5.92. The highest BCUT2D eigenvalue weighted by Crippen LogP contribution is 2.21. The molecule has 3 heteroatoms. The van der Waals surface area contributed by atoms with Crippen molar-refractivity contribution < 1.29 is 4.74 Å². The first-order chi connectivity index (χ1) is 9.40. The number of benzene rings is 1. The van der Waals surface area contributed by atoms with Crippen LogP contribution in [0.25, 0.3) is 0 Å². The van der Waals surface area contributed by atoms with E-state index >= 15 is 0 Å². The van der Waals surface area contributed by atoms with Crippen molar-refractivity contribution in [3.8, 4) is 5.75 Å². The van der Waals surface area contributed by atoms with Gasteiger partial charge in [0, 0.05) is 10.9 Å².